The molecule has 0 aliphatic heterocycles. The zero-order chi connectivity index (χ0) is 12.5. The first-order chi connectivity index (χ1) is 8.74. The van der Waals surface area contributed by atoms with Gasteiger partial charge in [0.15, 0.2) is 0 Å². The Labute approximate surface area is 108 Å². The number of allylic oxidation sites excluding steroid dienone is 1. The summed E-state index contributed by atoms with van der Waals surface area (Å²) in [5.41, 5.74) is 1.30. The van der Waals surface area contributed by atoms with E-state index in [-0.39, 0.29) is 12.0 Å². The van der Waals surface area contributed by atoms with Crippen LogP contribution in [0.4, 0.5) is 0 Å². The number of aliphatic hydroxyl groups excluding tert-OH is 1. The minimum Gasteiger partial charge on any atom is -0.392 e. The van der Waals surface area contributed by atoms with Gasteiger partial charge in [0.05, 0.1) is 6.10 Å². The van der Waals surface area contributed by atoms with Crippen molar-refractivity contribution in [3.63, 3.8) is 0 Å². The smallest absolute Gasteiger partial charge is 0.0608 e. The summed E-state index contributed by atoms with van der Waals surface area (Å²) in [6.07, 6.45) is 4.98. The molecular weight excluding hydrogens is 220 g/mol. The van der Waals surface area contributed by atoms with Gasteiger partial charge in [-0.1, -0.05) is 61.5 Å². The molecule has 92 valence electrons. The maximum Gasteiger partial charge on any atom is 0.0608 e. The average Bonchev–Trinajstić information content (AvgIpc) is 2.41. The van der Waals surface area contributed by atoms with Crippen LogP contribution in [0, 0.1) is 5.92 Å². The second kappa shape index (κ2) is 4.58. The quantitative estimate of drug-likeness (QED) is 0.747. The lowest BCUT2D eigenvalue weighted by atomic mass is 9.83. The van der Waals surface area contributed by atoms with E-state index < -0.39 is 0 Å². The van der Waals surface area contributed by atoms with E-state index in [0.29, 0.717) is 5.92 Å². The molecule has 2 aromatic carbocycles. The van der Waals surface area contributed by atoms with Gasteiger partial charge in [-0.25, -0.2) is 0 Å². The molecule has 18 heavy (non-hydrogen) atoms. The van der Waals surface area contributed by atoms with Crippen molar-refractivity contribution in [3.05, 3.63) is 60.2 Å². The predicted octanol–water partition coefficient (Wildman–Crippen LogP) is 3.88. The average molecular weight is 238 g/mol. The van der Waals surface area contributed by atoms with Gasteiger partial charge in [-0.3, -0.25) is 0 Å². The van der Waals surface area contributed by atoms with E-state index in [1.807, 2.05) is 0 Å². The monoisotopic (exact) mass is 238 g/mol. The fourth-order valence-electron chi connectivity index (χ4n) is 2.68. The van der Waals surface area contributed by atoms with Crippen LogP contribution < -0.4 is 0 Å². The van der Waals surface area contributed by atoms with Crippen LogP contribution >= 0.6 is 0 Å². The minimum atomic E-state index is -0.216. The van der Waals surface area contributed by atoms with Crippen LogP contribution in [0.15, 0.2) is 54.6 Å². The Morgan fingerprint density at radius 3 is 2.56 bits per heavy atom. The standard InChI is InChI=1S/C17H18O/c1-12-6-7-16(11-17(12)18)15-9-8-13-4-2-3-5-14(13)10-15/h2-10,12,16-18H,11H2,1H3. The fraction of sp³-hybridized carbons (Fsp3) is 0.294. The molecule has 1 nitrogen and oxygen atoms in total. The van der Waals surface area contributed by atoms with Gasteiger partial charge in [-0.2, -0.15) is 0 Å². The van der Waals surface area contributed by atoms with Gasteiger partial charge >= 0.3 is 0 Å². The van der Waals surface area contributed by atoms with Crippen LogP contribution in [0.5, 0.6) is 0 Å². The van der Waals surface area contributed by atoms with Crippen molar-refractivity contribution >= 4 is 10.8 Å². The Hall–Kier alpha value is -1.60. The van der Waals surface area contributed by atoms with Crippen LogP contribution in [-0.4, -0.2) is 11.2 Å². The van der Waals surface area contributed by atoms with E-state index in [4.69, 9.17) is 0 Å². The van der Waals surface area contributed by atoms with E-state index in [2.05, 4.69) is 61.5 Å². The lowest BCUT2D eigenvalue weighted by molar-refractivity contribution is 0.118. The molecule has 3 unspecified atom stereocenters. The maximum absolute atomic E-state index is 9.97. The van der Waals surface area contributed by atoms with E-state index in [1.165, 1.54) is 16.3 Å². The molecule has 2 aromatic rings. The number of rotatable bonds is 1. The second-order valence-corrected chi connectivity index (χ2v) is 5.26. The SMILES string of the molecule is CC1C=CC(c2ccc3ccccc3c2)CC1O. The Morgan fingerprint density at radius 2 is 1.78 bits per heavy atom. The molecule has 0 bridgehead atoms. The molecule has 0 radical (unpaired) electrons. The highest BCUT2D eigenvalue weighted by molar-refractivity contribution is 5.83. The number of hydrogen-bond donors (Lipinski definition) is 1. The van der Waals surface area contributed by atoms with Gasteiger partial charge in [0.1, 0.15) is 0 Å². The molecule has 1 N–H and O–H groups in total. The highest BCUT2D eigenvalue weighted by atomic mass is 16.3. The number of hydrogen-bond acceptors (Lipinski definition) is 1. The van der Waals surface area contributed by atoms with Crippen LogP contribution in [0.3, 0.4) is 0 Å². The van der Waals surface area contributed by atoms with Crippen molar-refractivity contribution < 1.29 is 5.11 Å². The first kappa shape index (κ1) is 11.5. The summed E-state index contributed by atoms with van der Waals surface area (Å²) in [6.45, 7) is 2.07. The lowest BCUT2D eigenvalue weighted by Gasteiger charge is -2.26. The molecule has 0 saturated carbocycles. The van der Waals surface area contributed by atoms with Gasteiger partial charge in [0, 0.05) is 5.92 Å². The number of aliphatic hydroxyl groups is 1. The molecule has 0 fully saturated rings. The van der Waals surface area contributed by atoms with Gasteiger partial charge in [0.2, 0.25) is 0 Å². The molecule has 3 rings (SSSR count). The van der Waals surface area contributed by atoms with Gasteiger partial charge in [-0.15, -0.1) is 0 Å². The van der Waals surface area contributed by atoms with Gasteiger partial charge in [0.25, 0.3) is 0 Å². The molecule has 1 heteroatoms. The van der Waals surface area contributed by atoms with Crippen LogP contribution in [-0.2, 0) is 0 Å². The van der Waals surface area contributed by atoms with E-state index in [9.17, 15) is 5.11 Å². The third-order valence-electron chi connectivity index (χ3n) is 3.95. The first-order valence-corrected chi connectivity index (χ1v) is 6.59. The van der Waals surface area contributed by atoms with Crippen molar-refractivity contribution in [2.24, 2.45) is 5.92 Å². The van der Waals surface area contributed by atoms with E-state index in [0.717, 1.165) is 6.42 Å². The highest BCUT2D eigenvalue weighted by Gasteiger charge is 2.22. The topological polar surface area (TPSA) is 20.2 Å². The molecular formula is C17H18O. The summed E-state index contributed by atoms with van der Waals surface area (Å²) in [4.78, 5) is 0. The summed E-state index contributed by atoms with van der Waals surface area (Å²) >= 11 is 0. The summed E-state index contributed by atoms with van der Waals surface area (Å²) in [7, 11) is 0. The number of benzene rings is 2. The largest absolute Gasteiger partial charge is 0.392 e. The molecule has 0 heterocycles. The van der Waals surface area contributed by atoms with Crippen molar-refractivity contribution in [3.8, 4) is 0 Å². The Kier molecular flexibility index (Phi) is 2.92. The molecule has 0 amide bonds. The van der Waals surface area contributed by atoms with E-state index in [1.54, 1.807) is 0 Å². The minimum absolute atomic E-state index is 0.216. The Bertz CT molecular complexity index is 585. The zero-order valence-electron chi connectivity index (χ0n) is 10.6. The maximum atomic E-state index is 9.97. The summed E-state index contributed by atoms with van der Waals surface area (Å²) in [5, 5.41) is 12.5. The molecule has 1 aliphatic carbocycles. The predicted molar refractivity (Wildman–Crippen MR) is 75.6 cm³/mol. The Morgan fingerprint density at radius 1 is 1.00 bits per heavy atom. The molecule has 0 aromatic heterocycles. The van der Waals surface area contributed by atoms with Crippen molar-refractivity contribution in [2.45, 2.75) is 25.4 Å². The second-order valence-electron chi connectivity index (χ2n) is 5.26. The number of fused-ring (bicyclic) bond motifs is 1. The third kappa shape index (κ3) is 2.06. The summed E-state index contributed by atoms with van der Waals surface area (Å²) < 4.78 is 0. The first-order valence-electron chi connectivity index (χ1n) is 6.59. The van der Waals surface area contributed by atoms with Crippen LogP contribution in [0.25, 0.3) is 10.8 Å². The third-order valence-corrected chi connectivity index (χ3v) is 3.95. The Balaban J connectivity index is 1.97. The van der Waals surface area contributed by atoms with E-state index >= 15 is 0 Å². The van der Waals surface area contributed by atoms with Crippen molar-refractivity contribution in [1.29, 1.82) is 0 Å². The molecule has 1 aliphatic rings. The summed E-state index contributed by atoms with van der Waals surface area (Å²) in [5.74, 6) is 0.627. The lowest BCUT2D eigenvalue weighted by Crippen LogP contribution is -2.22. The zero-order valence-corrected chi connectivity index (χ0v) is 10.6. The van der Waals surface area contributed by atoms with Gasteiger partial charge in [-0.05, 0) is 28.7 Å². The highest BCUT2D eigenvalue weighted by Crippen LogP contribution is 2.32. The normalized spacial score (nSPS) is 27.6. The summed E-state index contributed by atoms with van der Waals surface area (Å²) in [6, 6.07) is 15.0. The van der Waals surface area contributed by atoms with Crippen LogP contribution in [0.1, 0.15) is 24.8 Å². The van der Waals surface area contributed by atoms with Crippen molar-refractivity contribution in [2.75, 3.05) is 0 Å². The fourth-order valence-corrected chi connectivity index (χ4v) is 2.68. The molecule has 0 saturated heterocycles. The van der Waals surface area contributed by atoms with Crippen LogP contribution in [0.2, 0.25) is 0 Å². The molecule has 3 atom stereocenters. The van der Waals surface area contributed by atoms with Gasteiger partial charge < -0.3 is 5.11 Å². The molecule has 0 spiro atoms. The van der Waals surface area contributed by atoms with Crippen molar-refractivity contribution in [1.82, 2.24) is 0 Å².